The summed E-state index contributed by atoms with van der Waals surface area (Å²) in [5, 5.41) is -0.00873. The van der Waals surface area contributed by atoms with Crippen LogP contribution in [-0.2, 0) is 9.84 Å². The minimum Gasteiger partial charge on any atom is -0.454 e. The molecule has 0 spiro atoms. The van der Waals surface area contributed by atoms with Crippen LogP contribution in [0.25, 0.3) is 0 Å². The van der Waals surface area contributed by atoms with Gasteiger partial charge in [-0.05, 0) is 30.3 Å². The highest BCUT2D eigenvalue weighted by Crippen LogP contribution is 2.42. The average Bonchev–Trinajstić information content (AvgIpc) is 3.34. The summed E-state index contributed by atoms with van der Waals surface area (Å²) in [7, 11) is -3.23. The Kier molecular flexibility index (Phi) is 4.28. The molecule has 2 fully saturated rings. The molecule has 0 radical (unpaired) electrons. The van der Waals surface area contributed by atoms with Gasteiger partial charge >= 0.3 is 0 Å². The number of amidine groups is 1. The Balaban J connectivity index is 1.52. The van der Waals surface area contributed by atoms with E-state index in [1.165, 1.54) is 17.8 Å². The predicted molar refractivity (Wildman–Crippen MR) is 107 cm³/mol. The van der Waals surface area contributed by atoms with Crippen LogP contribution in [0.3, 0.4) is 0 Å². The second-order valence-electron chi connectivity index (χ2n) is 6.89. The third-order valence-corrected chi connectivity index (χ3v) is 8.21. The van der Waals surface area contributed by atoms with Crippen LogP contribution in [0.1, 0.15) is 10.4 Å². The Morgan fingerprint density at radius 3 is 2.76 bits per heavy atom. The molecule has 2 atom stereocenters. The van der Waals surface area contributed by atoms with E-state index in [1.807, 2.05) is 0 Å². The number of halogens is 1. The zero-order valence-electron chi connectivity index (χ0n) is 14.9. The highest BCUT2D eigenvalue weighted by molar-refractivity contribution is 8.16. The van der Waals surface area contributed by atoms with Crippen molar-refractivity contribution in [3.05, 3.63) is 53.8 Å². The Morgan fingerprint density at radius 2 is 1.93 bits per heavy atom. The van der Waals surface area contributed by atoms with Crippen LogP contribution in [-0.4, -0.2) is 49.1 Å². The van der Waals surface area contributed by atoms with Crippen LogP contribution >= 0.6 is 11.8 Å². The minimum absolute atomic E-state index is 0.0233. The molecule has 3 heterocycles. The van der Waals surface area contributed by atoms with Crippen molar-refractivity contribution in [2.75, 3.05) is 23.2 Å². The van der Waals surface area contributed by atoms with Gasteiger partial charge in [-0.25, -0.2) is 12.8 Å². The Hall–Kier alpha value is -2.59. The highest BCUT2D eigenvalue weighted by atomic mass is 32.2. The molecule has 2 saturated heterocycles. The molecule has 3 aliphatic heterocycles. The van der Waals surface area contributed by atoms with E-state index in [2.05, 4.69) is 4.99 Å². The number of anilines is 1. The molecule has 1 amide bonds. The van der Waals surface area contributed by atoms with E-state index in [0.717, 1.165) is 0 Å². The standard InChI is InChI=1S/C19H15FN2O5S2/c20-12-3-1-2-4-13(12)22-14-8-29(24,25)9-17(14)28-19(22)21-18(23)11-5-6-15-16(7-11)27-10-26-15/h1-7,14,17H,8-10H2. The number of fused-ring (bicyclic) bond motifs is 2. The first kappa shape index (κ1) is 18.4. The van der Waals surface area contributed by atoms with Gasteiger partial charge in [0.25, 0.3) is 5.91 Å². The fraction of sp³-hybridized carbons (Fsp3) is 0.263. The van der Waals surface area contributed by atoms with Gasteiger partial charge in [-0.3, -0.25) is 4.79 Å². The lowest BCUT2D eigenvalue weighted by atomic mass is 10.2. The summed E-state index contributed by atoms with van der Waals surface area (Å²) < 4.78 is 49.2. The molecule has 10 heteroatoms. The number of hydrogen-bond donors (Lipinski definition) is 0. The maximum Gasteiger partial charge on any atom is 0.279 e. The molecule has 0 N–H and O–H groups in total. The van der Waals surface area contributed by atoms with Gasteiger partial charge < -0.3 is 14.4 Å². The van der Waals surface area contributed by atoms with Gasteiger partial charge in [0.1, 0.15) is 5.82 Å². The van der Waals surface area contributed by atoms with E-state index < -0.39 is 27.6 Å². The lowest BCUT2D eigenvalue weighted by Crippen LogP contribution is -2.38. The lowest BCUT2D eigenvalue weighted by molar-refractivity contribution is 0.100. The van der Waals surface area contributed by atoms with E-state index in [4.69, 9.17) is 9.47 Å². The molecule has 0 aliphatic carbocycles. The Morgan fingerprint density at radius 1 is 1.14 bits per heavy atom. The van der Waals surface area contributed by atoms with Crippen LogP contribution in [0.5, 0.6) is 11.5 Å². The summed E-state index contributed by atoms with van der Waals surface area (Å²) in [6.07, 6.45) is 0. The van der Waals surface area contributed by atoms with Crippen LogP contribution in [0.4, 0.5) is 10.1 Å². The van der Waals surface area contributed by atoms with Gasteiger partial charge in [0.2, 0.25) is 6.79 Å². The molecule has 2 aromatic rings. The van der Waals surface area contributed by atoms with Crippen molar-refractivity contribution < 1.29 is 27.1 Å². The van der Waals surface area contributed by atoms with Crippen molar-refractivity contribution in [2.24, 2.45) is 4.99 Å². The molecule has 3 aliphatic rings. The number of thioether (sulfide) groups is 1. The number of rotatable bonds is 2. The monoisotopic (exact) mass is 434 g/mol. The Bertz CT molecular complexity index is 1150. The number of aliphatic imine (C=N–C) groups is 1. The highest BCUT2D eigenvalue weighted by Gasteiger charge is 2.50. The number of para-hydroxylation sites is 1. The van der Waals surface area contributed by atoms with Crippen LogP contribution in [0, 0.1) is 5.82 Å². The molecule has 0 saturated carbocycles. The summed E-state index contributed by atoms with van der Waals surface area (Å²) >= 11 is 1.20. The quantitative estimate of drug-likeness (QED) is 0.718. The molecule has 150 valence electrons. The average molecular weight is 434 g/mol. The van der Waals surface area contributed by atoms with Crippen molar-refractivity contribution in [2.45, 2.75) is 11.3 Å². The maximum absolute atomic E-state index is 14.5. The van der Waals surface area contributed by atoms with Gasteiger partial charge in [0.15, 0.2) is 26.5 Å². The summed E-state index contributed by atoms with van der Waals surface area (Å²) in [5.74, 6) is -0.127. The van der Waals surface area contributed by atoms with E-state index in [9.17, 15) is 17.6 Å². The predicted octanol–water partition coefficient (Wildman–Crippen LogP) is 2.47. The SMILES string of the molecule is O=C(N=C1SC2CS(=O)(=O)CC2N1c1ccccc1F)c1ccc2c(c1)OCO2. The molecule has 2 aromatic carbocycles. The smallest absolute Gasteiger partial charge is 0.279 e. The number of hydrogen-bond acceptors (Lipinski definition) is 6. The molecule has 2 unspecified atom stereocenters. The van der Waals surface area contributed by atoms with Crippen molar-refractivity contribution in [1.82, 2.24) is 0 Å². The molecule has 7 nitrogen and oxygen atoms in total. The number of ether oxygens (including phenoxy) is 2. The molecular weight excluding hydrogens is 419 g/mol. The first-order chi connectivity index (χ1) is 13.9. The zero-order chi connectivity index (χ0) is 20.2. The van der Waals surface area contributed by atoms with Crippen LogP contribution in [0.2, 0.25) is 0 Å². The van der Waals surface area contributed by atoms with E-state index in [-0.39, 0.29) is 29.2 Å². The third kappa shape index (κ3) is 3.25. The van der Waals surface area contributed by atoms with E-state index in [1.54, 1.807) is 41.3 Å². The normalized spacial score (nSPS) is 25.4. The molecule has 0 bridgehead atoms. The van der Waals surface area contributed by atoms with Crippen molar-refractivity contribution >= 4 is 38.4 Å². The third-order valence-electron chi connectivity index (χ3n) is 5.00. The van der Waals surface area contributed by atoms with Crippen molar-refractivity contribution in [3.63, 3.8) is 0 Å². The first-order valence-electron chi connectivity index (χ1n) is 8.85. The molecule has 5 rings (SSSR count). The minimum atomic E-state index is -3.23. The Labute approximate surface area is 170 Å². The number of amides is 1. The summed E-state index contributed by atoms with van der Waals surface area (Å²) in [4.78, 5) is 18.5. The van der Waals surface area contributed by atoms with Gasteiger partial charge in [-0.15, -0.1) is 0 Å². The van der Waals surface area contributed by atoms with Crippen molar-refractivity contribution in [1.29, 1.82) is 0 Å². The van der Waals surface area contributed by atoms with E-state index >= 15 is 0 Å². The lowest BCUT2D eigenvalue weighted by Gasteiger charge is -2.24. The number of carbonyl (C=O) groups excluding carboxylic acids is 1. The van der Waals surface area contributed by atoms with Crippen LogP contribution in [0.15, 0.2) is 47.5 Å². The van der Waals surface area contributed by atoms with Crippen LogP contribution < -0.4 is 14.4 Å². The topological polar surface area (TPSA) is 85.3 Å². The van der Waals surface area contributed by atoms with Crippen molar-refractivity contribution in [3.8, 4) is 11.5 Å². The first-order valence-corrected chi connectivity index (χ1v) is 11.5. The number of carbonyl (C=O) groups is 1. The largest absolute Gasteiger partial charge is 0.454 e. The second kappa shape index (κ2) is 6.74. The van der Waals surface area contributed by atoms with Gasteiger partial charge in [0.05, 0.1) is 23.2 Å². The summed E-state index contributed by atoms with van der Waals surface area (Å²) in [6.45, 7) is 0.0935. The second-order valence-corrected chi connectivity index (χ2v) is 10.2. The molecule has 29 heavy (non-hydrogen) atoms. The van der Waals surface area contributed by atoms with E-state index in [0.29, 0.717) is 22.2 Å². The molecular formula is C19H15FN2O5S2. The summed E-state index contributed by atoms with van der Waals surface area (Å²) in [6, 6.07) is 10.4. The maximum atomic E-state index is 14.5. The number of sulfone groups is 1. The van der Waals surface area contributed by atoms with Gasteiger partial charge in [0, 0.05) is 10.8 Å². The molecule has 0 aromatic heterocycles. The fourth-order valence-corrected chi connectivity index (χ4v) is 7.58. The number of nitrogens with zero attached hydrogens (tertiary/aromatic N) is 2. The zero-order valence-corrected chi connectivity index (χ0v) is 16.6. The van der Waals surface area contributed by atoms with Gasteiger partial charge in [-0.1, -0.05) is 23.9 Å². The summed E-state index contributed by atoms with van der Waals surface area (Å²) in [5.41, 5.74) is 0.516. The van der Waals surface area contributed by atoms with Gasteiger partial charge in [-0.2, -0.15) is 4.99 Å². The fourth-order valence-electron chi connectivity index (χ4n) is 3.67. The number of benzene rings is 2.